The summed E-state index contributed by atoms with van der Waals surface area (Å²) in [5, 5.41) is 9.28. The van der Waals surface area contributed by atoms with Gasteiger partial charge in [-0.25, -0.2) is 4.79 Å². The predicted octanol–water partition coefficient (Wildman–Crippen LogP) is 1.65. The lowest BCUT2D eigenvalue weighted by Gasteiger charge is -2.34. The molecule has 3 unspecified atom stereocenters. The molecule has 1 heterocycles. The second-order valence-electron chi connectivity index (χ2n) is 5.54. The molecule has 1 aliphatic heterocycles. The van der Waals surface area contributed by atoms with Crippen molar-refractivity contribution in [2.24, 2.45) is 5.92 Å². The summed E-state index contributed by atoms with van der Waals surface area (Å²) in [5.74, 6) is -0.999. The van der Waals surface area contributed by atoms with Crippen molar-refractivity contribution >= 4 is 11.9 Å². The van der Waals surface area contributed by atoms with Crippen molar-refractivity contribution in [1.82, 2.24) is 4.90 Å². The lowest BCUT2D eigenvalue weighted by molar-refractivity contribution is -0.150. The van der Waals surface area contributed by atoms with Crippen LogP contribution in [-0.4, -0.2) is 34.5 Å². The molecule has 4 heteroatoms. The quantitative estimate of drug-likeness (QED) is 0.878. The fourth-order valence-electron chi connectivity index (χ4n) is 3.25. The van der Waals surface area contributed by atoms with Crippen molar-refractivity contribution in [3.8, 4) is 0 Å². The number of fused-ring (bicyclic) bond motifs is 1. The van der Waals surface area contributed by atoms with E-state index in [1.165, 1.54) is 5.56 Å². The number of carbonyl (C=O) groups is 2. The Morgan fingerprint density at radius 3 is 2.74 bits per heavy atom. The average molecular weight is 259 g/mol. The minimum Gasteiger partial charge on any atom is -0.480 e. The van der Waals surface area contributed by atoms with Gasteiger partial charge in [-0.05, 0) is 29.9 Å². The highest BCUT2D eigenvalue weighted by molar-refractivity contribution is 5.91. The molecule has 2 aliphatic rings. The number of amides is 1. The van der Waals surface area contributed by atoms with E-state index in [0.717, 1.165) is 18.4 Å². The molecule has 1 aliphatic carbocycles. The van der Waals surface area contributed by atoms with Crippen molar-refractivity contribution in [2.75, 3.05) is 6.54 Å². The molecule has 1 aromatic rings. The van der Waals surface area contributed by atoms with Gasteiger partial charge in [-0.15, -0.1) is 0 Å². The Kier molecular flexibility index (Phi) is 2.81. The molecule has 1 amide bonds. The van der Waals surface area contributed by atoms with Gasteiger partial charge in [0.2, 0.25) is 5.91 Å². The Morgan fingerprint density at radius 1 is 1.32 bits per heavy atom. The summed E-state index contributed by atoms with van der Waals surface area (Å²) in [7, 11) is 0. The summed E-state index contributed by atoms with van der Waals surface area (Å²) in [6.07, 6.45) is 1.52. The lowest BCUT2D eigenvalue weighted by atomic mass is 9.76. The van der Waals surface area contributed by atoms with Crippen LogP contribution in [0.3, 0.4) is 0 Å². The summed E-state index contributed by atoms with van der Waals surface area (Å²) < 4.78 is 0. The Morgan fingerprint density at radius 2 is 2.05 bits per heavy atom. The molecule has 0 spiro atoms. The summed E-state index contributed by atoms with van der Waals surface area (Å²) in [6, 6.07) is 7.24. The molecule has 3 rings (SSSR count). The van der Waals surface area contributed by atoms with E-state index in [-0.39, 0.29) is 17.7 Å². The highest BCUT2D eigenvalue weighted by Gasteiger charge is 2.44. The average Bonchev–Trinajstić information content (AvgIpc) is 2.72. The fraction of sp³-hybridized carbons (Fsp3) is 0.467. The smallest absolute Gasteiger partial charge is 0.326 e. The van der Waals surface area contributed by atoms with E-state index in [2.05, 4.69) is 0 Å². The Hall–Kier alpha value is -1.84. The number of carboxylic acids is 1. The van der Waals surface area contributed by atoms with Gasteiger partial charge in [0.05, 0.1) is 5.92 Å². The maximum absolute atomic E-state index is 12.5. The number of rotatable bonds is 2. The number of likely N-dealkylation sites (tertiary alicyclic amines) is 1. The number of carbonyl (C=O) groups excluding carboxylic acids is 1. The number of aliphatic carboxylic acids is 1. The van der Waals surface area contributed by atoms with Gasteiger partial charge >= 0.3 is 5.97 Å². The Balaban J connectivity index is 1.81. The van der Waals surface area contributed by atoms with Crippen LogP contribution in [0.1, 0.15) is 30.4 Å². The first-order chi connectivity index (χ1) is 9.09. The molecule has 0 aromatic heterocycles. The minimum absolute atomic E-state index is 0.0181. The highest BCUT2D eigenvalue weighted by Crippen LogP contribution is 2.38. The maximum atomic E-state index is 12.5. The van der Waals surface area contributed by atoms with Crippen LogP contribution in [-0.2, 0) is 16.0 Å². The van der Waals surface area contributed by atoms with E-state index in [0.29, 0.717) is 6.54 Å². The summed E-state index contributed by atoms with van der Waals surface area (Å²) in [6.45, 7) is 2.47. The number of hydrogen-bond donors (Lipinski definition) is 1. The molecular formula is C15H17NO3. The third-order valence-electron chi connectivity index (χ3n) is 4.39. The number of nitrogens with zero attached hydrogens (tertiary/aromatic N) is 1. The molecule has 0 radical (unpaired) electrons. The molecule has 1 N–H and O–H groups in total. The van der Waals surface area contributed by atoms with Crippen molar-refractivity contribution < 1.29 is 14.7 Å². The van der Waals surface area contributed by atoms with Gasteiger partial charge in [-0.2, -0.15) is 0 Å². The predicted molar refractivity (Wildman–Crippen MR) is 69.8 cm³/mol. The van der Waals surface area contributed by atoms with E-state index < -0.39 is 12.0 Å². The van der Waals surface area contributed by atoms with E-state index in [1.54, 1.807) is 4.90 Å². The van der Waals surface area contributed by atoms with Crippen molar-refractivity contribution in [2.45, 2.75) is 31.7 Å². The van der Waals surface area contributed by atoms with E-state index in [1.807, 2.05) is 31.2 Å². The first-order valence-corrected chi connectivity index (χ1v) is 6.70. The number of benzene rings is 1. The summed E-state index contributed by atoms with van der Waals surface area (Å²) >= 11 is 0. The van der Waals surface area contributed by atoms with Crippen LogP contribution >= 0.6 is 0 Å². The first kappa shape index (κ1) is 12.2. The van der Waals surface area contributed by atoms with E-state index >= 15 is 0 Å². The second kappa shape index (κ2) is 4.37. The van der Waals surface area contributed by atoms with Crippen LogP contribution in [0.25, 0.3) is 0 Å². The molecule has 1 saturated heterocycles. The zero-order valence-corrected chi connectivity index (χ0v) is 10.9. The Bertz CT molecular complexity index is 540. The van der Waals surface area contributed by atoms with Crippen molar-refractivity contribution in [3.63, 3.8) is 0 Å². The molecule has 19 heavy (non-hydrogen) atoms. The van der Waals surface area contributed by atoms with Gasteiger partial charge in [0, 0.05) is 6.54 Å². The molecular weight excluding hydrogens is 242 g/mol. The summed E-state index contributed by atoms with van der Waals surface area (Å²) in [4.78, 5) is 25.4. The molecule has 0 bridgehead atoms. The van der Waals surface area contributed by atoms with E-state index in [9.17, 15) is 14.7 Å². The van der Waals surface area contributed by atoms with Gasteiger partial charge in [-0.1, -0.05) is 31.2 Å². The van der Waals surface area contributed by atoms with Gasteiger partial charge in [0.25, 0.3) is 0 Å². The Labute approximate surface area is 112 Å². The third kappa shape index (κ3) is 1.82. The fourth-order valence-corrected chi connectivity index (χ4v) is 3.25. The largest absolute Gasteiger partial charge is 0.480 e. The van der Waals surface area contributed by atoms with Gasteiger partial charge in [0.1, 0.15) is 6.04 Å². The number of hydrogen-bond acceptors (Lipinski definition) is 2. The molecule has 1 fully saturated rings. The van der Waals surface area contributed by atoms with Crippen LogP contribution < -0.4 is 0 Å². The van der Waals surface area contributed by atoms with Gasteiger partial charge in [0.15, 0.2) is 0 Å². The normalized spacial score (nSPS) is 28.7. The minimum atomic E-state index is -0.883. The van der Waals surface area contributed by atoms with Crippen LogP contribution in [0.2, 0.25) is 0 Å². The van der Waals surface area contributed by atoms with E-state index in [4.69, 9.17) is 0 Å². The molecule has 4 nitrogen and oxygen atoms in total. The number of carboxylic acid groups (broad SMARTS) is 1. The van der Waals surface area contributed by atoms with Crippen LogP contribution in [0, 0.1) is 5.92 Å². The monoisotopic (exact) mass is 259 g/mol. The standard InChI is InChI=1S/C15H17NO3/c1-9-6-7-16(13(9)15(18)19)14(17)12-8-10-4-2-3-5-11(10)12/h2-5,9,12-13H,6-8H2,1H3,(H,18,19). The van der Waals surface area contributed by atoms with Crippen molar-refractivity contribution in [1.29, 1.82) is 0 Å². The summed E-state index contributed by atoms with van der Waals surface area (Å²) in [5.41, 5.74) is 2.27. The molecule has 100 valence electrons. The zero-order chi connectivity index (χ0) is 13.6. The third-order valence-corrected chi connectivity index (χ3v) is 4.39. The second-order valence-corrected chi connectivity index (χ2v) is 5.54. The van der Waals surface area contributed by atoms with Gasteiger partial charge in [-0.3, -0.25) is 4.79 Å². The first-order valence-electron chi connectivity index (χ1n) is 6.70. The maximum Gasteiger partial charge on any atom is 0.326 e. The molecule has 1 aromatic carbocycles. The lowest BCUT2D eigenvalue weighted by Crippen LogP contribution is -2.46. The van der Waals surface area contributed by atoms with Crippen LogP contribution in [0.4, 0.5) is 0 Å². The van der Waals surface area contributed by atoms with Crippen molar-refractivity contribution in [3.05, 3.63) is 35.4 Å². The van der Waals surface area contributed by atoms with Crippen LogP contribution in [0.5, 0.6) is 0 Å². The topological polar surface area (TPSA) is 57.6 Å². The molecule has 3 atom stereocenters. The highest BCUT2D eigenvalue weighted by atomic mass is 16.4. The molecule has 0 saturated carbocycles. The zero-order valence-electron chi connectivity index (χ0n) is 10.9. The van der Waals surface area contributed by atoms with Gasteiger partial charge < -0.3 is 10.0 Å². The van der Waals surface area contributed by atoms with Crippen LogP contribution in [0.15, 0.2) is 24.3 Å². The SMILES string of the molecule is CC1CCN(C(=O)C2Cc3ccccc32)C1C(=O)O.